The molecule has 1 fully saturated rings. The van der Waals surface area contributed by atoms with E-state index in [1.165, 1.54) is 0 Å². The molecule has 1 aliphatic rings. The summed E-state index contributed by atoms with van der Waals surface area (Å²) in [7, 11) is 3.62. The number of halogens is 1. The summed E-state index contributed by atoms with van der Waals surface area (Å²) in [5, 5.41) is 0. The molecular weight excluding hydrogens is 344 g/mol. The van der Waals surface area contributed by atoms with E-state index >= 15 is 0 Å². The first-order valence-corrected chi connectivity index (χ1v) is 8.14. The number of carbonyl (C=O) groups is 1. The molecule has 5 heteroatoms. The predicted octanol–water partition coefficient (Wildman–Crippen LogP) is 3.60. The molecule has 0 bridgehead atoms. The van der Waals surface area contributed by atoms with E-state index in [2.05, 4.69) is 26.6 Å². The van der Waals surface area contributed by atoms with E-state index in [0.29, 0.717) is 23.9 Å². The second kappa shape index (κ2) is 6.16. The lowest BCUT2D eigenvalue weighted by molar-refractivity contribution is 0.0725. The molecule has 0 aliphatic heterocycles. The van der Waals surface area contributed by atoms with E-state index in [1.54, 1.807) is 13.2 Å². The lowest BCUT2D eigenvalue weighted by Crippen LogP contribution is -2.33. The molecule has 116 valence electrons. The molecular formula is C17H19BrN2O2. The molecule has 2 aromatic rings. The van der Waals surface area contributed by atoms with Gasteiger partial charge in [0, 0.05) is 29.5 Å². The first-order chi connectivity index (χ1) is 10.6. The van der Waals surface area contributed by atoms with Gasteiger partial charge < -0.3 is 14.2 Å². The van der Waals surface area contributed by atoms with Gasteiger partial charge >= 0.3 is 0 Å². The maximum Gasteiger partial charge on any atom is 0.255 e. The number of aromatic nitrogens is 1. The Kier molecular flexibility index (Phi) is 4.25. The summed E-state index contributed by atoms with van der Waals surface area (Å²) >= 11 is 3.48. The topological polar surface area (TPSA) is 34.5 Å². The summed E-state index contributed by atoms with van der Waals surface area (Å²) < 4.78 is 8.11. The maximum absolute atomic E-state index is 13.0. The summed E-state index contributed by atoms with van der Waals surface area (Å²) in [6, 6.07) is 9.92. The van der Waals surface area contributed by atoms with Crippen LogP contribution in [-0.4, -0.2) is 28.5 Å². The Morgan fingerprint density at radius 2 is 2.18 bits per heavy atom. The second-order valence-electron chi connectivity index (χ2n) is 5.62. The van der Waals surface area contributed by atoms with E-state index in [-0.39, 0.29) is 5.91 Å². The number of ether oxygens (including phenoxy) is 1. The van der Waals surface area contributed by atoms with Crippen LogP contribution in [0.5, 0.6) is 5.75 Å². The van der Waals surface area contributed by atoms with Gasteiger partial charge in [-0.05, 0) is 59.1 Å². The molecule has 1 aliphatic carbocycles. The normalized spacial score (nSPS) is 14.0. The van der Waals surface area contributed by atoms with Crippen LogP contribution < -0.4 is 4.74 Å². The monoisotopic (exact) mass is 362 g/mol. The van der Waals surface area contributed by atoms with Gasteiger partial charge in [0.1, 0.15) is 5.75 Å². The maximum atomic E-state index is 13.0. The first kappa shape index (κ1) is 15.2. The largest absolute Gasteiger partial charge is 0.497 e. The van der Waals surface area contributed by atoms with Crippen molar-refractivity contribution in [3.05, 3.63) is 52.3 Å². The van der Waals surface area contributed by atoms with E-state index in [0.717, 1.165) is 23.0 Å². The van der Waals surface area contributed by atoms with Crippen molar-refractivity contribution < 1.29 is 9.53 Å². The van der Waals surface area contributed by atoms with E-state index < -0.39 is 0 Å². The highest BCUT2D eigenvalue weighted by Crippen LogP contribution is 2.32. The Morgan fingerprint density at radius 1 is 1.41 bits per heavy atom. The van der Waals surface area contributed by atoms with Gasteiger partial charge in [-0.15, -0.1) is 0 Å². The van der Waals surface area contributed by atoms with Crippen LogP contribution in [0.2, 0.25) is 0 Å². The fraction of sp³-hybridized carbons (Fsp3) is 0.353. The van der Waals surface area contributed by atoms with Crippen LogP contribution in [0.15, 0.2) is 41.0 Å². The lowest BCUT2D eigenvalue weighted by atomic mass is 10.1. The van der Waals surface area contributed by atoms with Gasteiger partial charge in [-0.2, -0.15) is 0 Å². The average molecular weight is 363 g/mol. The third kappa shape index (κ3) is 3.04. The van der Waals surface area contributed by atoms with Crippen molar-refractivity contribution in [2.45, 2.75) is 25.4 Å². The molecule has 22 heavy (non-hydrogen) atoms. The number of hydrogen-bond acceptors (Lipinski definition) is 2. The van der Waals surface area contributed by atoms with Crippen molar-refractivity contribution in [1.82, 2.24) is 9.47 Å². The molecule has 0 saturated heterocycles. The Balaban J connectivity index is 1.88. The van der Waals surface area contributed by atoms with E-state index in [1.807, 2.05) is 36.3 Å². The molecule has 1 amide bonds. The summed E-state index contributed by atoms with van der Waals surface area (Å²) in [4.78, 5) is 15.0. The Bertz CT molecular complexity index is 692. The van der Waals surface area contributed by atoms with Gasteiger partial charge in [-0.25, -0.2) is 0 Å². The zero-order valence-corrected chi connectivity index (χ0v) is 14.3. The predicted molar refractivity (Wildman–Crippen MR) is 89.0 cm³/mol. The van der Waals surface area contributed by atoms with Crippen LogP contribution in [-0.2, 0) is 13.6 Å². The fourth-order valence-electron chi connectivity index (χ4n) is 2.54. The summed E-state index contributed by atoms with van der Waals surface area (Å²) in [6.07, 6.45) is 4.17. The molecule has 0 radical (unpaired) electrons. The number of benzene rings is 1. The highest BCUT2D eigenvalue weighted by molar-refractivity contribution is 9.10. The number of amides is 1. The summed E-state index contributed by atoms with van der Waals surface area (Å²) in [6.45, 7) is 0.636. The van der Waals surface area contributed by atoms with Crippen molar-refractivity contribution >= 4 is 21.8 Å². The van der Waals surface area contributed by atoms with Crippen LogP contribution in [0.25, 0.3) is 0 Å². The molecule has 0 N–H and O–H groups in total. The van der Waals surface area contributed by atoms with Gasteiger partial charge in [-0.3, -0.25) is 4.79 Å². The zero-order valence-electron chi connectivity index (χ0n) is 12.8. The standard InChI is InChI=1S/C17H19BrN2O2/c1-19-9-3-4-13(19)11-20(12-5-6-12)17(21)15-10-14(22-2)7-8-16(15)18/h3-4,7-10,12H,5-6,11H2,1-2H3. The van der Waals surface area contributed by atoms with Gasteiger partial charge in [0.25, 0.3) is 5.91 Å². The Morgan fingerprint density at radius 3 is 2.77 bits per heavy atom. The highest BCUT2D eigenvalue weighted by Gasteiger charge is 2.34. The van der Waals surface area contributed by atoms with Crippen LogP contribution in [0.1, 0.15) is 28.9 Å². The SMILES string of the molecule is COc1ccc(Br)c(C(=O)N(Cc2cccn2C)C2CC2)c1. The van der Waals surface area contributed by atoms with Gasteiger partial charge in [0.05, 0.1) is 19.2 Å². The number of aryl methyl sites for hydroxylation is 1. The number of nitrogens with zero attached hydrogens (tertiary/aromatic N) is 2. The molecule has 3 rings (SSSR count). The third-order valence-corrected chi connectivity index (χ3v) is 4.73. The molecule has 1 aromatic heterocycles. The number of carbonyl (C=O) groups excluding carboxylic acids is 1. The van der Waals surface area contributed by atoms with Crippen molar-refractivity contribution in [2.75, 3.05) is 7.11 Å². The third-order valence-electron chi connectivity index (χ3n) is 4.04. The molecule has 1 heterocycles. The lowest BCUT2D eigenvalue weighted by Gasteiger charge is -2.23. The van der Waals surface area contributed by atoms with Crippen molar-refractivity contribution in [3.63, 3.8) is 0 Å². The molecule has 4 nitrogen and oxygen atoms in total. The van der Waals surface area contributed by atoms with Crippen LogP contribution >= 0.6 is 15.9 Å². The van der Waals surface area contributed by atoms with Gasteiger partial charge in [0.15, 0.2) is 0 Å². The first-order valence-electron chi connectivity index (χ1n) is 7.35. The van der Waals surface area contributed by atoms with Crippen LogP contribution in [0.3, 0.4) is 0 Å². The average Bonchev–Trinajstić information content (AvgIpc) is 3.28. The summed E-state index contributed by atoms with van der Waals surface area (Å²) in [5.41, 5.74) is 1.79. The van der Waals surface area contributed by atoms with E-state index in [9.17, 15) is 4.79 Å². The molecule has 0 atom stereocenters. The van der Waals surface area contributed by atoms with Gasteiger partial charge in [0.2, 0.25) is 0 Å². The fourth-order valence-corrected chi connectivity index (χ4v) is 2.95. The van der Waals surface area contributed by atoms with E-state index in [4.69, 9.17) is 4.74 Å². The minimum atomic E-state index is 0.0504. The van der Waals surface area contributed by atoms with Gasteiger partial charge in [-0.1, -0.05) is 0 Å². The quantitative estimate of drug-likeness (QED) is 0.814. The number of methoxy groups -OCH3 is 1. The van der Waals surface area contributed by atoms with Crippen LogP contribution in [0, 0.1) is 0 Å². The zero-order chi connectivity index (χ0) is 15.7. The van der Waals surface area contributed by atoms with Crippen molar-refractivity contribution in [3.8, 4) is 5.75 Å². The molecule has 0 unspecified atom stereocenters. The molecule has 0 spiro atoms. The molecule has 1 aromatic carbocycles. The highest BCUT2D eigenvalue weighted by atomic mass is 79.9. The second-order valence-corrected chi connectivity index (χ2v) is 6.47. The smallest absolute Gasteiger partial charge is 0.255 e. The minimum Gasteiger partial charge on any atom is -0.497 e. The van der Waals surface area contributed by atoms with Crippen LogP contribution in [0.4, 0.5) is 0 Å². The number of hydrogen-bond donors (Lipinski definition) is 0. The van der Waals surface area contributed by atoms with Crippen molar-refractivity contribution in [1.29, 1.82) is 0 Å². The Labute approximate surface area is 138 Å². The molecule has 1 saturated carbocycles. The summed E-state index contributed by atoms with van der Waals surface area (Å²) in [5.74, 6) is 0.746. The minimum absolute atomic E-state index is 0.0504. The Hall–Kier alpha value is -1.75. The van der Waals surface area contributed by atoms with Crippen molar-refractivity contribution in [2.24, 2.45) is 7.05 Å². The number of rotatable bonds is 5.